The van der Waals surface area contributed by atoms with Crippen LogP contribution in [0.1, 0.15) is 12.7 Å². The largest absolute Gasteiger partial charge is 0.331 e. The Morgan fingerprint density at radius 3 is 2.67 bits per heavy atom. The van der Waals surface area contributed by atoms with Crippen molar-refractivity contribution in [1.82, 2.24) is 14.9 Å². The smallest absolute Gasteiger partial charge is 0.254 e. The van der Waals surface area contributed by atoms with Gasteiger partial charge in [0.2, 0.25) is 0 Å². The second kappa shape index (κ2) is 5.44. The molecule has 18 heavy (non-hydrogen) atoms. The molecule has 1 heterocycles. The quantitative estimate of drug-likeness (QED) is 0.886. The van der Waals surface area contributed by atoms with Crippen molar-refractivity contribution < 1.29 is 8.78 Å². The molecular weight excluding hydrogens is 236 g/mol. The SMILES string of the molecule is CCNC(Cc1nc2ccccc2n1C)C(F)F. The minimum Gasteiger partial charge on any atom is -0.331 e. The van der Waals surface area contributed by atoms with Gasteiger partial charge in [0, 0.05) is 13.5 Å². The highest BCUT2D eigenvalue weighted by atomic mass is 19.3. The van der Waals surface area contributed by atoms with Crippen LogP contribution in [0.2, 0.25) is 0 Å². The minimum absolute atomic E-state index is 0.233. The lowest BCUT2D eigenvalue weighted by Crippen LogP contribution is -2.38. The Labute approximate surface area is 105 Å². The lowest BCUT2D eigenvalue weighted by molar-refractivity contribution is 0.0979. The average molecular weight is 253 g/mol. The van der Waals surface area contributed by atoms with E-state index in [1.807, 2.05) is 42.8 Å². The van der Waals surface area contributed by atoms with Crippen LogP contribution in [0.25, 0.3) is 11.0 Å². The molecule has 2 rings (SSSR count). The van der Waals surface area contributed by atoms with Crippen molar-refractivity contribution in [2.75, 3.05) is 6.54 Å². The number of aromatic nitrogens is 2. The third-order valence-electron chi connectivity index (χ3n) is 3.05. The summed E-state index contributed by atoms with van der Waals surface area (Å²) in [6.45, 7) is 2.35. The van der Waals surface area contributed by atoms with Crippen LogP contribution in [0.4, 0.5) is 8.78 Å². The molecule has 1 aromatic heterocycles. The van der Waals surface area contributed by atoms with E-state index in [0.717, 1.165) is 11.0 Å². The number of likely N-dealkylation sites (N-methyl/N-ethyl adjacent to an activating group) is 1. The van der Waals surface area contributed by atoms with Gasteiger partial charge < -0.3 is 9.88 Å². The Morgan fingerprint density at radius 2 is 2.06 bits per heavy atom. The molecule has 1 atom stereocenters. The molecule has 0 spiro atoms. The minimum atomic E-state index is -2.38. The summed E-state index contributed by atoms with van der Waals surface area (Å²) in [5.74, 6) is 0.683. The molecule has 1 aromatic carbocycles. The summed E-state index contributed by atoms with van der Waals surface area (Å²) in [7, 11) is 1.86. The molecule has 98 valence electrons. The fourth-order valence-corrected chi connectivity index (χ4v) is 2.09. The highest BCUT2D eigenvalue weighted by Gasteiger charge is 2.22. The van der Waals surface area contributed by atoms with E-state index in [2.05, 4.69) is 10.3 Å². The number of hydrogen-bond acceptors (Lipinski definition) is 2. The van der Waals surface area contributed by atoms with Crippen molar-refractivity contribution >= 4 is 11.0 Å². The van der Waals surface area contributed by atoms with E-state index < -0.39 is 12.5 Å². The van der Waals surface area contributed by atoms with Gasteiger partial charge in [0.1, 0.15) is 5.82 Å². The van der Waals surface area contributed by atoms with Gasteiger partial charge in [0.15, 0.2) is 0 Å². The van der Waals surface area contributed by atoms with Crippen molar-refractivity contribution in [3.63, 3.8) is 0 Å². The first-order valence-corrected chi connectivity index (χ1v) is 6.05. The molecular formula is C13H17F2N3. The van der Waals surface area contributed by atoms with Crippen molar-refractivity contribution in [2.24, 2.45) is 7.05 Å². The number of fused-ring (bicyclic) bond motifs is 1. The first-order chi connectivity index (χ1) is 8.63. The summed E-state index contributed by atoms with van der Waals surface area (Å²) in [5.41, 5.74) is 1.82. The van der Waals surface area contributed by atoms with Crippen molar-refractivity contribution in [3.8, 4) is 0 Å². The summed E-state index contributed by atoms with van der Waals surface area (Å²) in [6, 6.07) is 6.81. The molecule has 0 aliphatic heterocycles. The second-order valence-electron chi connectivity index (χ2n) is 4.28. The summed E-state index contributed by atoms with van der Waals surface area (Å²) < 4.78 is 27.6. The second-order valence-corrected chi connectivity index (χ2v) is 4.28. The highest BCUT2D eigenvalue weighted by molar-refractivity contribution is 5.75. The molecule has 1 N–H and O–H groups in total. The number of nitrogens with one attached hydrogen (secondary N) is 1. The molecule has 2 aromatic rings. The molecule has 0 amide bonds. The van der Waals surface area contributed by atoms with Crippen LogP contribution in [-0.2, 0) is 13.5 Å². The van der Waals surface area contributed by atoms with Gasteiger partial charge in [-0.1, -0.05) is 19.1 Å². The van der Waals surface area contributed by atoms with Crippen LogP contribution in [-0.4, -0.2) is 28.6 Å². The zero-order valence-electron chi connectivity index (χ0n) is 10.5. The van der Waals surface area contributed by atoms with Crippen LogP contribution < -0.4 is 5.32 Å². The number of aryl methyl sites for hydroxylation is 1. The predicted molar refractivity (Wildman–Crippen MR) is 67.9 cm³/mol. The van der Waals surface area contributed by atoms with Crippen LogP contribution in [0.5, 0.6) is 0 Å². The van der Waals surface area contributed by atoms with Crippen LogP contribution in [0, 0.1) is 0 Å². The first kappa shape index (κ1) is 13.0. The molecule has 1 unspecified atom stereocenters. The Bertz CT molecular complexity index is 522. The van der Waals surface area contributed by atoms with E-state index in [4.69, 9.17) is 0 Å². The fraction of sp³-hybridized carbons (Fsp3) is 0.462. The maximum Gasteiger partial charge on any atom is 0.254 e. The van der Waals surface area contributed by atoms with E-state index in [-0.39, 0.29) is 6.42 Å². The molecule has 0 aliphatic carbocycles. The van der Waals surface area contributed by atoms with Gasteiger partial charge in [-0.2, -0.15) is 0 Å². The van der Waals surface area contributed by atoms with Crippen LogP contribution >= 0.6 is 0 Å². The third kappa shape index (κ3) is 2.51. The van der Waals surface area contributed by atoms with Gasteiger partial charge in [0.05, 0.1) is 17.1 Å². The molecule has 0 bridgehead atoms. The number of nitrogens with zero attached hydrogens (tertiary/aromatic N) is 2. The van der Waals surface area contributed by atoms with Crippen LogP contribution in [0.15, 0.2) is 24.3 Å². The molecule has 0 radical (unpaired) electrons. The number of para-hydroxylation sites is 2. The average Bonchev–Trinajstić information content (AvgIpc) is 2.66. The number of alkyl halides is 2. The monoisotopic (exact) mass is 253 g/mol. The lowest BCUT2D eigenvalue weighted by Gasteiger charge is -2.16. The molecule has 0 saturated carbocycles. The summed E-state index contributed by atoms with van der Waals surface area (Å²) in [4.78, 5) is 4.41. The van der Waals surface area contributed by atoms with Gasteiger partial charge in [-0.3, -0.25) is 0 Å². The van der Waals surface area contributed by atoms with E-state index in [1.54, 1.807) is 0 Å². The van der Waals surface area contributed by atoms with Crippen molar-refractivity contribution in [2.45, 2.75) is 25.8 Å². The zero-order chi connectivity index (χ0) is 13.1. The molecule has 0 fully saturated rings. The summed E-state index contributed by atoms with van der Waals surface area (Å²) in [6.07, 6.45) is -2.15. The van der Waals surface area contributed by atoms with E-state index in [9.17, 15) is 8.78 Å². The topological polar surface area (TPSA) is 29.9 Å². The standard InChI is InChI=1S/C13H17F2N3/c1-3-16-10(13(14)15)8-12-17-9-6-4-5-7-11(9)18(12)2/h4-7,10,13,16H,3,8H2,1-2H3. The van der Waals surface area contributed by atoms with E-state index in [0.29, 0.717) is 12.4 Å². The Balaban J connectivity index is 2.27. The fourth-order valence-electron chi connectivity index (χ4n) is 2.09. The molecule has 0 saturated heterocycles. The first-order valence-electron chi connectivity index (χ1n) is 6.05. The summed E-state index contributed by atoms with van der Waals surface area (Å²) >= 11 is 0. The molecule has 3 nitrogen and oxygen atoms in total. The molecule has 0 aliphatic rings. The van der Waals surface area contributed by atoms with Crippen molar-refractivity contribution in [3.05, 3.63) is 30.1 Å². The Kier molecular flexibility index (Phi) is 3.91. The maximum atomic E-state index is 12.9. The Morgan fingerprint density at radius 1 is 1.33 bits per heavy atom. The van der Waals surface area contributed by atoms with E-state index >= 15 is 0 Å². The molecule has 5 heteroatoms. The number of halogens is 2. The van der Waals surface area contributed by atoms with Crippen molar-refractivity contribution in [1.29, 1.82) is 0 Å². The van der Waals surface area contributed by atoms with Gasteiger partial charge in [-0.25, -0.2) is 13.8 Å². The number of hydrogen-bond donors (Lipinski definition) is 1. The Hall–Kier alpha value is -1.49. The van der Waals surface area contributed by atoms with Gasteiger partial charge in [0.25, 0.3) is 6.43 Å². The third-order valence-corrected chi connectivity index (χ3v) is 3.05. The summed E-state index contributed by atoms with van der Waals surface area (Å²) in [5, 5.41) is 2.80. The van der Waals surface area contributed by atoms with E-state index in [1.165, 1.54) is 0 Å². The van der Waals surface area contributed by atoms with Gasteiger partial charge in [-0.05, 0) is 18.7 Å². The van der Waals surface area contributed by atoms with Gasteiger partial charge >= 0.3 is 0 Å². The predicted octanol–water partition coefficient (Wildman–Crippen LogP) is 2.36. The number of benzene rings is 1. The van der Waals surface area contributed by atoms with Gasteiger partial charge in [-0.15, -0.1) is 0 Å². The van der Waals surface area contributed by atoms with Crippen LogP contribution in [0.3, 0.4) is 0 Å². The maximum absolute atomic E-state index is 12.9. The zero-order valence-corrected chi connectivity index (χ0v) is 10.5. The normalized spacial score (nSPS) is 13.4. The number of rotatable bonds is 5. The highest BCUT2D eigenvalue weighted by Crippen LogP contribution is 2.16. The number of imidazole rings is 1. The lowest BCUT2D eigenvalue weighted by atomic mass is 10.2.